The van der Waals surface area contributed by atoms with Crippen molar-refractivity contribution in [1.29, 1.82) is 0 Å². The number of carbonyl (C=O) groups excluding carboxylic acids is 1. The zero-order chi connectivity index (χ0) is 17.6. The minimum atomic E-state index is -1.14. The van der Waals surface area contributed by atoms with Crippen LogP contribution in [0.25, 0.3) is 0 Å². The number of benzene rings is 2. The summed E-state index contributed by atoms with van der Waals surface area (Å²) < 4.78 is 6.58. The van der Waals surface area contributed by atoms with Gasteiger partial charge in [-0.2, -0.15) is 0 Å². The Labute approximate surface area is 154 Å². The quantitative estimate of drug-likeness (QED) is 0.801. The summed E-state index contributed by atoms with van der Waals surface area (Å²) in [4.78, 5) is 11.2. The molecule has 128 valence electrons. The molecular weight excluding hydrogens is 382 g/mol. The maximum absolute atomic E-state index is 11.2. The van der Waals surface area contributed by atoms with Gasteiger partial charge in [0.2, 0.25) is 0 Å². The lowest BCUT2D eigenvalue weighted by atomic mass is 9.76. The number of methoxy groups -OCH3 is 1. The highest BCUT2D eigenvalue weighted by molar-refractivity contribution is 9.10. The van der Waals surface area contributed by atoms with E-state index in [0.29, 0.717) is 5.92 Å². The Hall–Kier alpha value is -2.27. The second-order valence-corrected chi connectivity index (χ2v) is 7.37. The highest BCUT2D eigenvalue weighted by atomic mass is 79.9. The van der Waals surface area contributed by atoms with Crippen molar-refractivity contribution in [3.63, 3.8) is 0 Å². The first-order chi connectivity index (χ1) is 12.1. The topological polar surface area (TPSA) is 61.4 Å². The van der Waals surface area contributed by atoms with Gasteiger partial charge < -0.3 is 20.0 Å². The maximum atomic E-state index is 11.2. The molecule has 4 nitrogen and oxygen atoms in total. The van der Waals surface area contributed by atoms with Crippen LogP contribution < -0.4 is 15.2 Å². The fraction of sp³-hybridized carbons (Fsp3) is 0.250. The van der Waals surface area contributed by atoms with Crippen LogP contribution >= 0.6 is 15.9 Å². The third-order valence-corrected chi connectivity index (χ3v) is 5.62. The second-order valence-electron chi connectivity index (χ2n) is 6.45. The van der Waals surface area contributed by atoms with Crippen LogP contribution in [0.1, 0.15) is 39.9 Å². The Morgan fingerprint density at radius 2 is 2.08 bits per heavy atom. The zero-order valence-corrected chi connectivity index (χ0v) is 15.2. The second kappa shape index (κ2) is 6.23. The van der Waals surface area contributed by atoms with Crippen LogP contribution in [0, 0.1) is 5.92 Å². The molecule has 3 atom stereocenters. The first-order valence-corrected chi connectivity index (χ1v) is 8.99. The lowest BCUT2D eigenvalue weighted by Gasteiger charge is -2.38. The zero-order valence-electron chi connectivity index (χ0n) is 13.7. The average molecular weight is 399 g/mol. The lowest BCUT2D eigenvalue weighted by molar-refractivity contribution is -0.255. The number of hydrogen-bond donors (Lipinski definition) is 1. The molecule has 25 heavy (non-hydrogen) atoms. The van der Waals surface area contributed by atoms with E-state index < -0.39 is 5.97 Å². The molecule has 0 bridgehead atoms. The predicted octanol–water partition coefficient (Wildman–Crippen LogP) is 3.65. The molecule has 0 unspecified atom stereocenters. The number of fused-ring (bicyclic) bond motifs is 3. The van der Waals surface area contributed by atoms with Crippen LogP contribution in [0.5, 0.6) is 5.75 Å². The fourth-order valence-corrected chi connectivity index (χ4v) is 4.36. The van der Waals surface area contributed by atoms with E-state index >= 15 is 0 Å². The van der Waals surface area contributed by atoms with Crippen LogP contribution in [0.4, 0.5) is 5.69 Å². The van der Waals surface area contributed by atoms with E-state index in [1.807, 2.05) is 18.2 Å². The third kappa shape index (κ3) is 2.72. The highest BCUT2D eigenvalue weighted by Gasteiger charge is 2.39. The van der Waals surface area contributed by atoms with Crippen LogP contribution in [-0.4, -0.2) is 13.1 Å². The van der Waals surface area contributed by atoms with E-state index in [2.05, 4.69) is 39.5 Å². The van der Waals surface area contributed by atoms with Crippen molar-refractivity contribution < 1.29 is 14.6 Å². The van der Waals surface area contributed by atoms with Crippen molar-refractivity contribution in [3.8, 4) is 5.75 Å². The molecule has 0 saturated heterocycles. The van der Waals surface area contributed by atoms with Gasteiger partial charge in [-0.3, -0.25) is 0 Å². The molecule has 1 aliphatic heterocycles. The van der Waals surface area contributed by atoms with Crippen LogP contribution in [0.2, 0.25) is 0 Å². The van der Waals surface area contributed by atoms with Crippen molar-refractivity contribution >= 4 is 27.6 Å². The van der Waals surface area contributed by atoms with Gasteiger partial charge >= 0.3 is 0 Å². The molecular formula is C20H17BrNO3-. The number of ether oxygens (including phenoxy) is 1. The van der Waals surface area contributed by atoms with E-state index in [0.717, 1.165) is 33.5 Å². The normalized spacial score (nSPS) is 23.5. The van der Waals surface area contributed by atoms with E-state index in [-0.39, 0.29) is 17.5 Å². The summed E-state index contributed by atoms with van der Waals surface area (Å²) in [5, 5.41) is 14.8. The van der Waals surface area contributed by atoms with Gasteiger partial charge in [0.1, 0.15) is 5.75 Å². The molecule has 0 radical (unpaired) electrons. The summed E-state index contributed by atoms with van der Waals surface area (Å²) in [6, 6.07) is 11.3. The van der Waals surface area contributed by atoms with Gasteiger partial charge in [-0.25, -0.2) is 0 Å². The number of hydrogen-bond acceptors (Lipinski definition) is 4. The summed E-state index contributed by atoms with van der Waals surface area (Å²) in [6.07, 6.45) is 5.29. The van der Waals surface area contributed by atoms with E-state index in [4.69, 9.17) is 4.74 Å². The number of anilines is 1. The van der Waals surface area contributed by atoms with Crippen molar-refractivity contribution in [1.82, 2.24) is 0 Å². The van der Waals surface area contributed by atoms with Gasteiger partial charge in [0.25, 0.3) is 0 Å². The molecule has 4 rings (SSSR count). The molecule has 0 amide bonds. The third-order valence-electron chi connectivity index (χ3n) is 5.13. The van der Waals surface area contributed by atoms with Crippen molar-refractivity contribution in [2.24, 2.45) is 5.92 Å². The Morgan fingerprint density at radius 1 is 1.24 bits per heavy atom. The Morgan fingerprint density at radius 3 is 2.84 bits per heavy atom. The molecule has 0 spiro atoms. The minimum absolute atomic E-state index is 0.0914. The van der Waals surface area contributed by atoms with E-state index in [1.165, 1.54) is 0 Å². The molecule has 1 aliphatic carbocycles. The summed E-state index contributed by atoms with van der Waals surface area (Å²) in [6.45, 7) is 0. The number of aromatic carboxylic acids is 1. The van der Waals surface area contributed by atoms with Crippen molar-refractivity contribution in [2.45, 2.75) is 18.4 Å². The fourth-order valence-electron chi connectivity index (χ4n) is 3.98. The van der Waals surface area contributed by atoms with Crippen molar-refractivity contribution in [2.75, 3.05) is 12.4 Å². The minimum Gasteiger partial charge on any atom is -0.545 e. The molecule has 2 aliphatic rings. The summed E-state index contributed by atoms with van der Waals surface area (Å²) in [5.41, 5.74) is 3.30. The number of allylic oxidation sites excluding steroid dienone is 2. The van der Waals surface area contributed by atoms with Gasteiger partial charge in [-0.15, -0.1) is 0 Å². The van der Waals surface area contributed by atoms with Crippen LogP contribution in [0.15, 0.2) is 53.0 Å². The molecule has 0 aromatic heterocycles. The molecule has 0 saturated carbocycles. The Balaban J connectivity index is 1.81. The summed E-state index contributed by atoms with van der Waals surface area (Å²) in [5.74, 6) is 0.204. The standard InChI is InChI=1S/C20H18BrNO3/c1-25-18-8-6-12(21)10-16(18)19-14-4-2-3-13(14)15-9-11(20(23)24)5-7-17(15)22-19/h2-3,5-10,13-14,19,22H,4H2,1H3,(H,23,24)/p-1/t13-,14-,19+/m1/s1. The van der Waals surface area contributed by atoms with E-state index in [9.17, 15) is 9.90 Å². The molecule has 5 heteroatoms. The number of carbonyl (C=O) groups is 1. The molecule has 0 fully saturated rings. The number of carboxylic acid groups (broad SMARTS) is 1. The van der Waals surface area contributed by atoms with Gasteiger partial charge in [-0.1, -0.05) is 34.1 Å². The van der Waals surface area contributed by atoms with Gasteiger partial charge in [0, 0.05) is 21.6 Å². The number of carboxylic acids is 1. The largest absolute Gasteiger partial charge is 0.545 e. The summed E-state index contributed by atoms with van der Waals surface area (Å²) in [7, 11) is 1.68. The number of nitrogens with one attached hydrogen (secondary N) is 1. The molecule has 1 N–H and O–H groups in total. The van der Waals surface area contributed by atoms with Crippen molar-refractivity contribution in [3.05, 3.63) is 69.7 Å². The average Bonchev–Trinajstić information content (AvgIpc) is 3.10. The van der Waals surface area contributed by atoms with Gasteiger partial charge in [-0.05, 0) is 53.8 Å². The van der Waals surface area contributed by atoms with Crippen LogP contribution in [-0.2, 0) is 0 Å². The number of rotatable bonds is 3. The molecule has 2 aromatic carbocycles. The molecule has 1 heterocycles. The Bertz CT molecular complexity index is 877. The first kappa shape index (κ1) is 16.2. The van der Waals surface area contributed by atoms with Gasteiger partial charge in [0.05, 0.1) is 19.1 Å². The van der Waals surface area contributed by atoms with Gasteiger partial charge in [0.15, 0.2) is 0 Å². The lowest BCUT2D eigenvalue weighted by Crippen LogP contribution is -2.30. The van der Waals surface area contributed by atoms with E-state index in [1.54, 1.807) is 19.2 Å². The maximum Gasteiger partial charge on any atom is 0.124 e. The Kier molecular flexibility index (Phi) is 4.04. The van der Waals surface area contributed by atoms with Crippen LogP contribution in [0.3, 0.4) is 0 Å². The number of halogens is 1. The smallest absolute Gasteiger partial charge is 0.124 e. The molecule has 2 aromatic rings. The monoisotopic (exact) mass is 398 g/mol. The first-order valence-electron chi connectivity index (χ1n) is 8.20. The SMILES string of the molecule is COc1ccc(Br)cc1[C@H]1Nc2ccc(C(=O)[O-])cc2[C@@H]2C=CC[C@@H]12. The predicted molar refractivity (Wildman–Crippen MR) is 97.8 cm³/mol. The highest BCUT2D eigenvalue weighted by Crippen LogP contribution is 2.51. The summed E-state index contributed by atoms with van der Waals surface area (Å²) >= 11 is 3.55.